The standard InChI is InChI=1S/C22H22ClFN6O3/c1-30(2)9-3-4-17(31)19-20(27-12-26-19)22(33)28-14-6-8-18(25-11-14)29-21(32)15-7-5-13(24)10-16(15)23/h5-8,10-12H,3-4,9H2,1-2H3,(H,26,27)(H,28,33)(H,25,29,32). The summed E-state index contributed by atoms with van der Waals surface area (Å²) >= 11 is 5.90. The normalized spacial score (nSPS) is 10.8. The predicted molar refractivity (Wildman–Crippen MR) is 122 cm³/mol. The smallest absolute Gasteiger partial charge is 0.274 e. The van der Waals surface area contributed by atoms with Crippen molar-refractivity contribution in [1.82, 2.24) is 19.9 Å². The van der Waals surface area contributed by atoms with Gasteiger partial charge in [-0.3, -0.25) is 14.4 Å². The lowest BCUT2D eigenvalue weighted by atomic mass is 10.1. The average molecular weight is 473 g/mol. The Bertz CT molecular complexity index is 1160. The molecule has 0 aliphatic rings. The van der Waals surface area contributed by atoms with Crippen LogP contribution in [0.15, 0.2) is 42.9 Å². The number of amides is 2. The molecule has 0 radical (unpaired) electrons. The Hall–Kier alpha value is -3.63. The molecule has 0 aliphatic heterocycles. The number of nitrogens with zero attached hydrogens (tertiary/aromatic N) is 3. The summed E-state index contributed by atoms with van der Waals surface area (Å²) < 4.78 is 13.2. The fourth-order valence-electron chi connectivity index (χ4n) is 2.95. The minimum absolute atomic E-state index is 0.0250. The molecule has 0 fully saturated rings. The van der Waals surface area contributed by atoms with Gasteiger partial charge < -0.3 is 20.5 Å². The SMILES string of the molecule is CN(C)CCCC(=O)c1nc[nH]c1C(=O)Nc1ccc(NC(=O)c2ccc(F)cc2Cl)nc1. The number of rotatable bonds is 9. The number of nitrogens with one attached hydrogen (secondary N) is 3. The highest BCUT2D eigenvalue weighted by molar-refractivity contribution is 6.34. The highest BCUT2D eigenvalue weighted by atomic mass is 35.5. The van der Waals surface area contributed by atoms with E-state index in [0.29, 0.717) is 12.1 Å². The largest absolute Gasteiger partial charge is 0.340 e. The second-order valence-corrected chi connectivity index (χ2v) is 7.83. The molecule has 1 aromatic carbocycles. The Kier molecular flexibility index (Phi) is 7.86. The Morgan fingerprint density at radius 3 is 2.55 bits per heavy atom. The Morgan fingerprint density at radius 2 is 1.88 bits per heavy atom. The zero-order valence-electron chi connectivity index (χ0n) is 18.0. The number of carbonyl (C=O) groups is 3. The summed E-state index contributed by atoms with van der Waals surface area (Å²) in [4.78, 5) is 50.1. The Morgan fingerprint density at radius 1 is 1.09 bits per heavy atom. The summed E-state index contributed by atoms with van der Waals surface area (Å²) in [6.45, 7) is 0.750. The van der Waals surface area contributed by atoms with E-state index in [-0.39, 0.29) is 40.0 Å². The molecule has 0 saturated carbocycles. The van der Waals surface area contributed by atoms with Crippen LogP contribution in [0.5, 0.6) is 0 Å². The molecule has 3 rings (SSSR count). The maximum atomic E-state index is 13.2. The molecule has 11 heteroatoms. The van der Waals surface area contributed by atoms with E-state index in [9.17, 15) is 18.8 Å². The van der Waals surface area contributed by atoms with Crippen molar-refractivity contribution in [2.24, 2.45) is 0 Å². The van der Waals surface area contributed by atoms with Gasteiger partial charge in [-0.2, -0.15) is 0 Å². The van der Waals surface area contributed by atoms with Crippen LogP contribution in [0.4, 0.5) is 15.9 Å². The fraction of sp³-hybridized carbons (Fsp3) is 0.227. The second kappa shape index (κ2) is 10.8. The van der Waals surface area contributed by atoms with Gasteiger partial charge in [0.15, 0.2) is 5.78 Å². The number of benzene rings is 1. The summed E-state index contributed by atoms with van der Waals surface area (Å²) in [5.74, 6) is -1.67. The van der Waals surface area contributed by atoms with Crippen molar-refractivity contribution >= 4 is 40.7 Å². The quantitative estimate of drug-likeness (QED) is 0.409. The van der Waals surface area contributed by atoms with Crippen LogP contribution < -0.4 is 10.6 Å². The predicted octanol–water partition coefficient (Wildman–Crippen LogP) is 3.63. The molecule has 0 saturated heterocycles. The Balaban J connectivity index is 1.61. The molecule has 3 aromatic rings. The highest BCUT2D eigenvalue weighted by Crippen LogP contribution is 2.19. The first-order chi connectivity index (χ1) is 15.7. The van der Waals surface area contributed by atoms with Gasteiger partial charge in [-0.15, -0.1) is 0 Å². The lowest BCUT2D eigenvalue weighted by Gasteiger charge is -2.09. The average Bonchev–Trinajstić information content (AvgIpc) is 3.25. The third-order valence-electron chi connectivity index (χ3n) is 4.58. The molecule has 0 spiro atoms. The molecule has 2 amide bonds. The first-order valence-corrected chi connectivity index (χ1v) is 10.4. The number of H-pyrrole nitrogens is 1. The maximum absolute atomic E-state index is 13.2. The molecule has 3 N–H and O–H groups in total. The van der Waals surface area contributed by atoms with Crippen molar-refractivity contribution < 1.29 is 18.8 Å². The van der Waals surface area contributed by atoms with E-state index in [2.05, 4.69) is 25.6 Å². The second-order valence-electron chi connectivity index (χ2n) is 7.42. The van der Waals surface area contributed by atoms with Crippen LogP contribution in [0.1, 0.15) is 44.2 Å². The first-order valence-electron chi connectivity index (χ1n) is 9.99. The number of hydrogen-bond acceptors (Lipinski definition) is 6. The number of anilines is 2. The van der Waals surface area contributed by atoms with E-state index in [1.165, 1.54) is 30.7 Å². The molecule has 0 bridgehead atoms. The van der Waals surface area contributed by atoms with Crippen molar-refractivity contribution in [3.05, 3.63) is 70.6 Å². The number of carbonyl (C=O) groups excluding carboxylic acids is 3. The van der Waals surface area contributed by atoms with Gasteiger partial charge in [0, 0.05) is 6.42 Å². The monoisotopic (exact) mass is 472 g/mol. The molecule has 33 heavy (non-hydrogen) atoms. The van der Waals surface area contributed by atoms with Crippen molar-refractivity contribution in [2.45, 2.75) is 12.8 Å². The van der Waals surface area contributed by atoms with E-state index in [0.717, 1.165) is 18.7 Å². The van der Waals surface area contributed by atoms with Gasteiger partial charge in [-0.1, -0.05) is 11.6 Å². The van der Waals surface area contributed by atoms with E-state index in [1.54, 1.807) is 0 Å². The van der Waals surface area contributed by atoms with Gasteiger partial charge in [0.1, 0.15) is 23.0 Å². The molecule has 2 heterocycles. The number of pyridine rings is 1. The van der Waals surface area contributed by atoms with E-state index in [4.69, 9.17) is 11.6 Å². The third kappa shape index (κ3) is 6.43. The molecular weight excluding hydrogens is 451 g/mol. The minimum Gasteiger partial charge on any atom is -0.340 e. The van der Waals surface area contributed by atoms with Crippen LogP contribution in [0.3, 0.4) is 0 Å². The van der Waals surface area contributed by atoms with Crippen LogP contribution in [0.25, 0.3) is 0 Å². The van der Waals surface area contributed by atoms with Crippen molar-refractivity contribution in [3.8, 4) is 0 Å². The zero-order valence-corrected chi connectivity index (χ0v) is 18.7. The molecule has 0 unspecified atom stereocenters. The molecule has 0 atom stereocenters. The number of imidazole rings is 1. The van der Waals surface area contributed by atoms with Gasteiger partial charge >= 0.3 is 0 Å². The number of aromatic amines is 1. The van der Waals surface area contributed by atoms with Gasteiger partial charge in [0.05, 0.1) is 28.8 Å². The molecular formula is C22H22ClFN6O3. The lowest BCUT2D eigenvalue weighted by Crippen LogP contribution is -2.18. The van der Waals surface area contributed by atoms with E-state index >= 15 is 0 Å². The molecule has 172 valence electrons. The number of Topliss-reactive ketones (excluding diaryl/α,β-unsaturated/α-hetero) is 1. The fourth-order valence-corrected chi connectivity index (χ4v) is 3.20. The third-order valence-corrected chi connectivity index (χ3v) is 4.89. The van der Waals surface area contributed by atoms with Gasteiger partial charge in [-0.25, -0.2) is 14.4 Å². The van der Waals surface area contributed by atoms with Crippen LogP contribution in [0, 0.1) is 5.82 Å². The van der Waals surface area contributed by atoms with Crippen LogP contribution in [0.2, 0.25) is 5.02 Å². The summed E-state index contributed by atoms with van der Waals surface area (Å²) in [6, 6.07) is 6.45. The van der Waals surface area contributed by atoms with Crippen LogP contribution in [-0.4, -0.2) is 58.1 Å². The lowest BCUT2D eigenvalue weighted by molar-refractivity contribution is 0.0955. The number of hydrogen-bond donors (Lipinski definition) is 3. The van der Waals surface area contributed by atoms with Crippen molar-refractivity contribution in [2.75, 3.05) is 31.3 Å². The summed E-state index contributed by atoms with van der Waals surface area (Å²) in [7, 11) is 3.83. The summed E-state index contributed by atoms with van der Waals surface area (Å²) in [5, 5.41) is 5.15. The van der Waals surface area contributed by atoms with Crippen LogP contribution >= 0.6 is 11.6 Å². The maximum Gasteiger partial charge on any atom is 0.274 e. The summed E-state index contributed by atoms with van der Waals surface area (Å²) in [6.07, 6.45) is 3.57. The first kappa shape index (κ1) is 24.0. The van der Waals surface area contributed by atoms with Crippen molar-refractivity contribution in [3.63, 3.8) is 0 Å². The van der Waals surface area contributed by atoms with Gasteiger partial charge in [-0.05, 0) is 57.4 Å². The molecule has 9 nitrogen and oxygen atoms in total. The van der Waals surface area contributed by atoms with Gasteiger partial charge in [0.25, 0.3) is 11.8 Å². The number of ketones is 1. The molecule has 0 aliphatic carbocycles. The zero-order chi connectivity index (χ0) is 24.0. The van der Waals surface area contributed by atoms with Gasteiger partial charge in [0.2, 0.25) is 0 Å². The number of halogens is 2. The summed E-state index contributed by atoms with van der Waals surface area (Å²) in [5.41, 5.74) is 0.588. The highest BCUT2D eigenvalue weighted by Gasteiger charge is 2.20. The van der Waals surface area contributed by atoms with Crippen LogP contribution in [-0.2, 0) is 0 Å². The topological polar surface area (TPSA) is 120 Å². The number of aromatic nitrogens is 3. The Labute approximate surface area is 194 Å². The van der Waals surface area contributed by atoms with Crippen molar-refractivity contribution in [1.29, 1.82) is 0 Å². The minimum atomic E-state index is -0.556. The van der Waals surface area contributed by atoms with E-state index < -0.39 is 17.6 Å². The van der Waals surface area contributed by atoms with E-state index in [1.807, 2.05) is 19.0 Å². The molecule has 2 aromatic heterocycles.